The van der Waals surface area contributed by atoms with Gasteiger partial charge in [0.25, 0.3) is 0 Å². The van der Waals surface area contributed by atoms with Crippen molar-refractivity contribution in [2.75, 3.05) is 26.2 Å². The van der Waals surface area contributed by atoms with Crippen LogP contribution in [0.3, 0.4) is 0 Å². The normalized spacial score (nSPS) is 11.4. The van der Waals surface area contributed by atoms with Gasteiger partial charge in [-0.3, -0.25) is 0 Å². The Balaban J connectivity index is 3.82. The minimum atomic E-state index is -1.25. The minimum absolute atomic E-state index is 0.443. The molecule has 6 nitrogen and oxygen atoms in total. The average Bonchev–Trinajstić information content (AvgIpc) is 2.28. The SMILES string of the molecule is CCN(CC)CCCNC(=O)NC(C)(C)C(=O)O. The standard InChI is InChI=1S/C12H25N3O3/c1-5-15(6-2)9-7-8-13-11(18)14-12(3,4)10(16)17/h5-9H2,1-4H3,(H,16,17)(H2,13,14,18). The van der Waals surface area contributed by atoms with Gasteiger partial charge < -0.3 is 20.6 Å². The van der Waals surface area contributed by atoms with Crippen molar-refractivity contribution in [3.63, 3.8) is 0 Å². The predicted molar refractivity (Wildman–Crippen MR) is 70.7 cm³/mol. The first-order valence-corrected chi connectivity index (χ1v) is 6.35. The van der Waals surface area contributed by atoms with Crippen molar-refractivity contribution in [3.05, 3.63) is 0 Å². The number of carboxylic acid groups (broad SMARTS) is 1. The first-order chi connectivity index (χ1) is 8.33. The molecule has 0 spiro atoms. The number of carbonyl (C=O) groups excluding carboxylic acids is 1. The first-order valence-electron chi connectivity index (χ1n) is 6.35. The summed E-state index contributed by atoms with van der Waals surface area (Å²) >= 11 is 0. The van der Waals surface area contributed by atoms with Crippen molar-refractivity contribution in [1.29, 1.82) is 0 Å². The summed E-state index contributed by atoms with van der Waals surface area (Å²) in [6, 6.07) is -0.443. The zero-order valence-corrected chi connectivity index (χ0v) is 11.7. The summed E-state index contributed by atoms with van der Waals surface area (Å²) in [5.74, 6) is -1.05. The summed E-state index contributed by atoms with van der Waals surface area (Å²) < 4.78 is 0. The highest BCUT2D eigenvalue weighted by Gasteiger charge is 2.28. The largest absolute Gasteiger partial charge is 0.480 e. The molecule has 0 aliphatic carbocycles. The van der Waals surface area contributed by atoms with E-state index in [1.165, 1.54) is 13.8 Å². The van der Waals surface area contributed by atoms with Gasteiger partial charge in [-0.25, -0.2) is 9.59 Å². The summed E-state index contributed by atoms with van der Waals surface area (Å²) in [5.41, 5.74) is -1.25. The van der Waals surface area contributed by atoms with E-state index in [9.17, 15) is 9.59 Å². The maximum absolute atomic E-state index is 11.4. The molecule has 0 fully saturated rings. The lowest BCUT2D eigenvalue weighted by Gasteiger charge is -2.22. The molecule has 0 aromatic heterocycles. The second-order valence-corrected chi connectivity index (χ2v) is 4.69. The molecule has 106 valence electrons. The lowest BCUT2D eigenvalue weighted by molar-refractivity contribution is -0.142. The molecule has 0 unspecified atom stereocenters. The number of urea groups is 1. The van der Waals surface area contributed by atoms with Gasteiger partial charge in [0.1, 0.15) is 5.54 Å². The second-order valence-electron chi connectivity index (χ2n) is 4.69. The number of hydrogen-bond donors (Lipinski definition) is 3. The Hall–Kier alpha value is -1.30. The number of carbonyl (C=O) groups is 2. The molecule has 0 saturated heterocycles. The van der Waals surface area contributed by atoms with Crippen LogP contribution in [0, 0.1) is 0 Å². The van der Waals surface area contributed by atoms with Crippen LogP contribution in [0.5, 0.6) is 0 Å². The van der Waals surface area contributed by atoms with E-state index in [-0.39, 0.29) is 0 Å². The summed E-state index contributed by atoms with van der Waals surface area (Å²) in [5, 5.41) is 13.9. The van der Waals surface area contributed by atoms with Gasteiger partial charge in [0.15, 0.2) is 0 Å². The van der Waals surface area contributed by atoms with Crippen LogP contribution in [-0.2, 0) is 4.79 Å². The quantitative estimate of drug-likeness (QED) is 0.565. The molecule has 0 rings (SSSR count). The van der Waals surface area contributed by atoms with Crippen molar-refractivity contribution in [2.24, 2.45) is 0 Å². The fourth-order valence-electron chi connectivity index (χ4n) is 1.43. The van der Waals surface area contributed by atoms with E-state index in [1.54, 1.807) is 0 Å². The van der Waals surface area contributed by atoms with Crippen molar-refractivity contribution in [2.45, 2.75) is 39.7 Å². The van der Waals surface area contributed by atoms with Gasteiger partial charge in [-0.1, -0.05) is 13.8 Å². The van der Waals surface area contributed by atoms with Gasteiger partial charge in [-0.2, -0.15) is 0 Å². The number of hydrogen-bond acceptors (Lipinski definition) is 3. The van der Waals surface area contributed by atoms with Crippen LogP contribution in [0.2, 0.25) is 0 Å². The number of carboxylic acids is 1. The van der Waals surface area contributed by atoms with Crippen molar-refractivity contribution < 1.29 is 14.7 Å². The Kier molecular flexibility index (Phi) is 7.35. The molecule has 0 heterocycles. The van der Waals surface area contributed by atoms with Gasteiger partial charge in [-0.15, -0.1) is 0 Å². The van der Waals surface area contributed by atoms with Crippen LogP contribution in [0.4, 0.5) is 4.79 Å². The van der Waals surface area contributed by atoms with Gasteiger partial charge >= 0.3 is 12.0 Å². The Bertz CT molecular complexity index is 276. The molecule has 0 saturated carbocycles. The van der Waals surface area contributed by atoms with E-state index in [4.69, 9.17) is 5.11 Å². The van der Waals surface area contributed by atoms with E-state index in [0.717, 1.165) is 26.1 Å². The molecular weight excluding hydrogens is 234 g/mol. The van der Waals surface area contributed by atoms with Crippen LogP contribution in [0.15, 0.2) is 0 Å². The predicted octanol–water partition coefficient (Wildman–Crippen LogP) is 0.881. The summed E-state index contributed by atoms with van der Waals surface area (Å²) in [6.45, 7) is 10.5. The van der Waals surface area contributed by atoms with Crippen LogP contribution < -0.4 is 10.6 Å². The Labute approximate surface area is 109 Å². The molecule has 3 N–H and O–H groups in total. The van der Waals surface area contributed by atoms with Crippen LogP contribution >= 0.6 is 0 Å². The topological polar surface area (TPSA) is 81.7 Å². The highest BCUT2D eigenvalue weighted by molar-refractivity contribution is 5.85. The number of amides is 2. The smallest absolute Gasteiger partial charge is 0.328 e. The van der Waals surface area contributed by atoms with Gasteiger partial charge in [0.2, 0.25) is 0 Å². The molecule has 18 heavy (non-hydrogen) atoms. The van der Waals surface area contributed by atoms with E-state index < -0.39 is 17.5 Å². The monoisotopic (exact) mass is 259 g/mol. The van der Waals surface area contributed by atoms with Crippen LogP contribution in [-0.4, -0.2) is 53.7 Å². The zero-order valence-electron chi connectivity index (χ0n) is 11.7. The van der Waals surface area contributed by atoms with Gasteiger partial charge in [0.05, 0.1) is 0 Å². The van der Waals surface area contributed by atoms with E-state index >= 15 is 0 Å². The van der Waals surface area contributed by atoms with E-state index in [0.29, 0.717) is 6.54 Å². The molecule has 0 radical (unpaired) electrons. The number of rotatable bonds is 8. The molecule has 0 aromatic rings. The molecule has 0 bridgehead atoms. The van der Waals surface area contributed by atoms with E-state index in [1.807, 2.05) is 0 Å². The fourth-order valence-corrected chi connectivity index (χ4v) is 1.43. The third-order valence-corrected chi connectivity index (χ3v) is 2.79. The molecular formula is C12H25N3O3. The molecule has 0 aromatic carbocycles. The average molecular weight is 259 g/mol. The Morgan fingerprint density at radius 1 is 1.22 bits per heavy atom. The lowest BCUT2D eigenvalue weighted by Crippen LogP contribution is -2.53. The summed E-state index contributed by atoms with van der Waals surface area (Å²) in [7, 11) is 0. The van der Waals surface area contributed by atoms with Gasteiger partial charge in [-0.05, 0) is 39.9 Å². The minimum Gasteiger partial charge on any atom is -0.480 e. The molecule has 2 amide bonds. The van der Waals surface area contributed by atoms with Crippen LogP contribution in [0.1, 0.15) is 34.1 Å². The van der Waals surface area contributed by atoms with Crippen molar-refractivity contribution >= 4 is 12.0 Å². The lowest BCUT2D eigenvalue weighted by atomic mass is 10.1. The maximum atomic E-state index is 11.4. The first kappa shape index (κ1) is 16.7. The maximum Gasteiger partial charge on any atom is 0.328 e. The van der Waals surface area contributed by atoms with Crippen molar-refractivity contribution in [1.82, 2.24) is 15.5 Å². The van der Waals surface area contributed by atoms with Crippen LogP contribution in [0.25, 0.3) is 0 Å². The molecule has 0 aliphatic rings. The Morgan fingerprint density at radius 2 is 1.78 bits per heavy atom. The molecule has 0 aliphatic heterocycles. The number of nitrogens with one attached hydrogen (secondary N) is 2. The molecule has 0 atom stereocenters. The second kappa shape index (κ2) is 7.92. The summed E-state index contributed by atoms with van der Waals surface area (Å²) in [6.07, 6.45) is 0.850. The Morgan fingerprint density at radius 3 is 2.22 bits per heavy atom. The third-order valence-electron chi connectivity index (χ3n) is 2.79. The number of nitrogens with zero attached hydrogens (tertiary/aromatic N) is 1. The summed E-state index contributed by atoms with van der Waals surface area (Å²) in [4.78, 5) is 24.5. The molecule has 6 heteroatoms. The number of aliphatic carboxylic acids is 1. The van der Waals surface area contributed by atoms with E-state index in [2.05, 4.69) is 29.4 Å². The van der Waals surface area contributed by atoms with Gasteiger partial charge in [0, 0.05) is 6.54 Å². The highest BCUT2D eigenvalue weighted by Crippen LogP contribution is 2.00. The highest BCUT2D eigenvalue weighted by atomic mass is 16.4. The zero-order chi connectivity index (χ0) is 14.2. The van der Waals surface area contributed by atoms with Crippen molar-refractivity contribution in [3.8, 4) is 0 Å². The third kappa shape index (κ3) is 6.44. The fraction of sp³-hybridized carbons (Fsp3) is 0.833.